The fourth-order valence-corrected chi connectivity index (χ4v) is 3.44. The van der Waals surface area contributed by atoms with Gasteiger partial charge >= 0.3 is 0 Å². The predicted octanol–water partition coefficient (Wildman–Crippen LogP) is 4.38. The maximum atomic E-state index is 6.40. The summed E-state index contributed by atoms with van der Waals surface area (Å²) in [4.78, 5) is 0. The van der Waals surface area contributed by atoms with Crippen LogP contribution in [-0.4, -0.2) is 6.04 Å². The molecule has 1 aromatic rings. The van der Waals surface area contributed by atoms with E-state index in [4.69, 9.17) is 5.73 Å². The highest BCUT2D eigenvalue weighted by Gasteiger charge is 2.24. The molecule has 0 spiro atoms. The molecule has 0 amide bonds. The first-order valence-corrected chi connectivity index (χ1v) is 8.27. The zero-order valence-corrected chi connectivity index (χ0v) is 13.4. The Labute approximate surface area is 125 Å². The molecular weight excluding hydrogens is 333 g/mol. The Morgan fingerprint density at radius 3 is 2.33 bits per heavy atom. The highest BCUT2D eigenvalue weighted by atomic mass is 127. The van der Waals surface area contributed by atoms with Crippen molar-refractivity contribution in [2.45, 2.75) is 51.5 Å². The second-order valence-electron chi connectivity index (χ2n) is 5.68. The van der Waals surface area contributed by atoms with Crippen molar-refractivity contribution in [3.05, 3.63) is 33.4 Å². The molecule has 1 fully saturated rings. The maximum absolute atomic E-state index is 6.40. The van der Waals surface area contributed by atoms with Gasteiger partial charge in [0.1, 0.15) is 0 Å². The summed E-state index contributed by atoms with van der Waals surface area (Å²) in [6, 6.07) is 9.15. The summed E-state index contributed by atoms with van der Waals surface area (Å²) in [6.45, 7) is 2.32. The fourth-order valence-electron chi connectivity index (χ4n) is 3.08. The number of hydrogen-bond acceptors (Lipinski definition) is 1. The lowest BCUT2D eigenvalue weighted by Crippen LogP contribution is -2.34. The van der Waals surface area contributed by atoms with E-state index in [1.54, 1.807) is 0 Å². The van der Waals surface area contributed by atoms with Crippen LogP contribution < -0.4 is 5.73 Å². The molecule has 1 atom stereocenters. The normalized spacial score (nSPS) is 25.9. The second-order valence-corrected chi connectivity index (χ2v) is 6.93. The van der Waals surface area contributed by atoms with Crippen LogP contribution in [0.5, 0.6) is 0 Å². The molecule has 0 saturated heterocycles. The predicted molar refractivity (Wildman–Crippen MR) is 86.6 cm³/mol. The number of nitrogens with two attached hydrogens (primary N) is 1. The van der Waals surface area contributed by atoms with E-state index in [9.17, 15) is 0 Å². The molecule has 2 rings (SSSR count). The minimum Gasteiger partial charge on any atom is -0.327 e. The molecular formula is C16H24IN. The molecule has 1 aromatic carbocycles. The van der Waals surface area contributed by atoms with Crippen molar-refractivity contribution in [2.24, 2.45) is 17.6 Å². The number of hydrogen-bond donors (Lipinski definition) is 1. The van der Waals surface area contributed by atoms with E-state index < -0.39 is 0 Å². The van der Waals surface area contributed by atoms with E-state index in [0.717, 1.165) is 18.3 Å². The van der Waals surface area contributed by atoms with Gasteiger partial charge in [-0.15, -0.1) is 0 Å². The van der Waals surface area contributed by atoms with Gasteiger partial charge in [-0.3, -0.25) is 0 Å². The quantitative estimate of drug-likeness (QED) is 0.796. The third-order valence-electron chi connectivity index (χ3n) is 4.46. The van der Waals surface area contributed by atoms with E-state index in [1.165, 1.54) is 41.2 Å². The molecule has 100 valence electrons. The Balaban J connectivity index is 1.85. The van der Waals surface area contributed by atoms with Crippen LogP contribution in [-0.2, 0) is 6.42 Å². The Kier molecular flexibility index (Phi) is 5.49. The van der Waals surface area contributed by atoms with E-state index in [-0.39, 0.29) is 0 Å². The molecule has 2 N–H and O–H groups in total. The van der Waals surface area contributed by atoms with Gasteiger partial charge in [-0.05, 0) is 71.4 Å². The lowest BCUT2D eigenvalue weighted by atomic mass is 9.76. The third-order valence-corrected chi connectivity index (χ3v) is 5.18. The molecule has 1 unspecified atom stereocenters. The van der Waals surface area contributed by atoms with Gasteiger partial charge in [-0.25, -0.2) is 0 Å². The largest absolute Gasteiger partial charge is 0.327 e. The van der Waals surface area contributed by atoms with Gasteiger partial charge in [-0.1, -0.05) is 38.3 Å². The highest BCUT2D eigenvalue weighted by molar-refractivity contribution is 14.1. The Hall–Kier alpha value is -0.0900. The molecule has 0 heterocycles. The fraction of sp³-hybridized carbons (Fsp3) is 0.625. The first-order chi connectivity index (χ1) is 8.69. The zero-order valence-electron chi connectivity index (χ0n) is 11.2. The van der Waals surface area contributed by atoms with Crippen LogP contribution >= 0.6 is 22.6 Å². The van der Waals surface area contributed by atoms with Gasteiger partial charge in [0.15, 0.2) is 0 Å². The van der Waals surface area contributed by atoms with Crippen molar-refractivity contribution in [2.75, 3.05) is 0 Å². The van der Waals surface area contributed by atoms with Crippen molar-refractivity contribution in [1.29, 1.82) is 0 Å². The maximum Gasteiger partial charge on any atom is 0.0130 e. The molecule has 1 aliphatic carbocycles. The summed E-state index contributed by atoms with van der Waals surface area (Å²) in [5.74, 6) is 1.71. The van der Waals surface area contributed by atoms with Crippen LogP contribution in [0, 0.1) is 15.4 Å². The monoisotopic (exact) mass is 357 g/mol. The van der Waals surface area contributed by atoms with Crippen LogP contribution in [0.15, 0.2) is 24.3 Å². The standard InChI is InChI=1S/C16H24IN/c1-2-12-3-7-14(8-4-12)16(18)11-13-5-9-15(17)10-6-13/h5-6,9-10,12,14,16H,2-4,7-8,11,18H2,1H3. The van der Waals surface area contributed by atoms with Gasteiger partial charge in [0.2, 0.25) is 0 Å². The molecule has 1 saturated carbocycles. The summed E-state index contributed by atoms with van der Waals surface area (Å²) < 4.78 is 1.30. The van der Waals surface area contributed by atoms with Crippen LogP contribution in [0.2, 0.25) is 0 Å². The zero-order chi connectivity index (χ0) is 13.0. The van der Waals surface area contributed by atoms with Crippen LogP contribution in [0.1, 0.15) is 44.6 Å². The van der Waals surface area contributed by atoms with Gasteiger partial charge in [0, 0.05) is 9.61 Å². The lowest BCUT2D eigenvalue weighted by molar-refractivity contribution is 0.238. The molecule has 1 nitrogen and oxygen atoms in total. The van der Waals surface area contributed by atoms with Crippen molar-refractivity contribution in [3.63, 3.8) is 0 Å². The van der Waals surface area contributed by atoms with E-state index in [1.807, 2.05) is 0 Å². The minimum atomic E-state index is 0.350. The van der Waals surface area contributed by atoms with Crippen molar-refractivity contribution < 1.29 is 0 Å². The average molecular weight is 357 g/mol. The lowest BCUT2D eigenvalue weighted by Gasteiger charge is -2.31. The molecule has 2 heteroatoms. The minimum absolute atomic E-state index is 0.350. The first-order valence-electron chi connectivity index (χ1n) is 7.19. The SMILES string of the molecule is CCC1CCC(C(N)Cc2ccc(I)cc2)CC1. The molecule has 18 heavy (non-hydrogen) atoms. The summed E-state index contributed by atoms with van der Waals surface area (Å²) in [7, 11) is 0. The van der Waals surface area contributed by atoms with Crippen LogP contribution in [0.3, 0.4) is 0 Å². The van der Waals surface area contributed by atoms with Crippen molar-refractivity contribution in [3.8, 4) is 0 Å². The van der Waals surface area contributed by atoms with E-state index in [2.05, 4.69) is 53.8 Å². The third kappa shape index (κ3) is 3.95. The average Bonchev–Trinajstić information content (AvgIpc) is 2.41. The Bertz CT molecular complexity index is 352. The number of halogens is 1. The second kappa shape index (κ2) is 6.90. The molecule has 0 aliphatic heterocycles. The molecule has 0 bridgehead atoms. The van der Waals surface area contributed by atoms with Gasteiger partial charge < -0.3 is 5.73 Å². The Morgan fingerprint density at radius 2 is 1.78 bits per heavy atom. The number of benzene rings is 1. The van der Waals surface area contributed by atoms with Gasteiger partial charge in [-0.2, -0.15) is 0 Å². The summed E-state index contributed by atoms with van der Waals surface area (Å²) in [5, 5.41) is 0. The summed E-state index contributed by atoms with van der Waals surface area (Å²) in [6.07, 6.45) is 7.84. The van der Waals surface area contributed by atoms with Crippen molar-refractivity contribution >= 4 is 22.6 Å². The summed E-state index contributed by atoms with van der Waals surface area (Å²) >= 11 is 2.35. The smallest absolute Gasteiger partial charge is 0.0130 e. The first kappa shape index (κ1) is 14.3. The molecule has 0 radical (unpaired) electrons. The molecule has 0 aromatic heterocycles. The van der Waals surface area contributed by atoms with E-state index >= 15 is 0 Å². The molecule has 1 aliphatic rings. The topological polar surface area (TPSA) is 26.0 Å². The Morgan fingerprint density at radius 1 is 1.17 bits per heavy atom. The van der Waals surface area contributed by atoms with Crippen molar-refractivity contribution in [1.82, 2.24) is 0 Å². The van der Waals surface area contributed by atoms with E-state index in [0.29, 0.717) is 6.04 Å². The van der Waals surface area contributed by atoms with Crippen LogP contribution in [0.4, 0.5) is 0 Å². The summed E-state index contributed by atoms with van der Waals surface area (Å²) in [5.41, 5.74) is 7.79. The highest BCUT2D eigenvalue weighted by Crippen LogP contribution is 2.32. The van der Waals surface area contributed by atoms with Gasteiger partial charge in [0.05, 0.1) is 0 Å². The van der Waals surface area contributed by atoms with Gasteiger partial charge in [0.25, 0.3) is 0 Å². The van der Waals surface area contributed by atoms with Crippen LogP contribution in [0.25, 0.3) is 0 Å². The number of rotatable bonds is 4.